The number of hydrogen-bond donors (Lipinski definition) is 1. The van der Waals surface area contributed by atoms with Crippen molar-refractivity contribution >= 4 is 23.3 Å². The number of alkyl halides is 3. The Labute approximate surface area is 277 Å². The minimum absolute atomic E-state index is 0.00524. The zero-order valence-electron chi connectivity index (χ0n) is 26.6. The van der Waals surface area contributed by atoms with Crippen LogP contribution in [0.2, 0.25) is 0 Å². The van der Waals surface area contributed by atoms with Crippen LogP contribution in [-0.4, -0.2) is 71.0 Å². The molecule has 1 saturated carbocycles. The maximum Gasteiger partial charge on any atom is 0.573 e. The van der Waals surface area contributed by atoms with Gasteiger partial charge in [0.05, 0.1) is 0 Å². The smallest absolute Gasteiger partial charge is 0.490 e. The van der Waals surface area contributed by atoms with Gasteiger partial charge >= 0.3 is 6.36 Å². The summed E-state index contributed by atoms with van der Waals surface area (Å²) in [4.78, 5) is 46.6. The third-order valence-corrected chi connectivity index (χ3v) is 9.13. The molecule has 6 rings (SSSR count). The largest absolute Gasteiger partial charge is 0.573 e. The van der Waals surface area contributed by atoms with E-state index < -0.39 is 6.36 Å². The third-order valence-electron chi connectivity index (χ3n) is 9.13. The van der Waals surface area contributed by atoms with Crippen LogP contribution in [0.3, 0.4) is 0 Å². The molecule has 12 heteroatoms. The number of nitrogens with zero attached hydrogens (tertiary/aromatic N) is 3. The molecule has 2 saturated heterocycles. The highest BCUT2D eigenvalue weighted by molar-refractivity contribution is 5.97. The van der Waals surface area contributed by atoms with Crippen molar-refractivity contribution in [3.63, 3.8) is 0 Å². The van der Waals surface area contributed by atoms with Crippen LogP contribution < -0.4 is 14.8 Å². The number of rotatable bonds is 11. The predicted octanol–water partition coefficient (Wildman–Crippen LogP) is 6.50. The van der Waals surface area contributed by atoms with E-state index in [0.717, 1.165) is 50.0 Å². The average molecular weight is 665 g/mol. The molecule has 3 heterocycles. The van der Waals surface area contributed by atoms with Crippen molar-refractivity contribution in [1.29, 1.82) is 0 Å². The van der Waals surface area contributed by atoms with Gasteiger partial charge in [0, 0.05) is 68.3 Å². The van der Waals surface area contributed by atoms with E-state index in [4.69, 9.17) is 4.74 Å². The maximum atomic E-state index is 13.1. The van der Waals surface area contributed by atoms with Crippen molar-refractivity contribution < 1.29 is 37.0 Å². The molecule has 3 aromatic rings. The Balaban J connectivity index is 0.911. The number of pyridine rings is 1. The molecule has 3 aliphatic rings. The standard InChI is InChI=1S/C36H39F3N4O5/c37-36(38,39)48-30-9-4-25(5-10-30)23-42-16-12-24(13-17-42)20-33(44)27-8-11-32(40-22-27)35(46)43-18-14-29(15-19-43)47-31-3-1-2-28(21-31)41-34(45)26-6-7-26/h1-5,8-11,21-22,24,26,29H,6-7,12-20,23H2,(H,41,45). The summed E-state index contributed by atoms with van der Waals surface area (Å²) in [5.41, 5.74) is 2.41. The van der Waals surface area contributed by atoms with Crippen LogP contribution in [-0.2, 0) is 11.3 Å². The van der Waals surface area contributed by atoms with Gasteiger partial charge in [0.15, 0.2) is 5.78 Å². The molecule has 48 heavy (non-hydrogen) atoms. The zero-order valence-corrected chi connectivity index (χ0v) is 26.6. The van der Waals surface area contributed by atoms with Crippen LogP contribution in [0, 0.1) is 11.8 Å². The predicted molar refractivity (Wildman–Crippen MR) is 172 cm³/mol. The van der Waals surface area contributed by atoms with E-state index in [0.29, 0.717) is 55.9 Å². The van der Waals surface area contributed by atoms with Crippen molar-refractivity contribution in [2.24, 2.45) is 11.8 Å². The summed E-state index contributed by atoms with van der Waals surface area (Å²) in [6.45, 7) is 3.25. The highest BCUT2D eigenvalue weighted by Gasteiger charge is 2.32. The van der Waals surface area contributed by atoms with Gasteiger partial charge in [-0.05, 0) is 86.7 Å². The van der Waals surface area contributed by atoms with Gasteiger partial charge in [-0.1, -0.05) is 18.2 Å². The van der Waals surface area contributed by atoms with Gasteiger partial charge in [-0.3, -0.25) is 24.3 Å². The number of amides is 2. The summed E-state index contributed by atoms with van der Waals surface area (Å²) in [5.74, 6) is 0.672. The summed E-state index contributed by atoms with van der Waals surface area (Å²) >= 11 is 0. The second-order valence-corrected chi connectivity index (χ2v) is 12.9. The Morgan fingerprint density at radius 3 is 2.23 bits per heavy atom. The van der Waals surface area contributed by atoms with Crippen molar-refractivity contribution in [2.75, 3.05) is 31.5 Å². The van der Waals surface area contributed by atoms with E-state index in [1.165, 1.54) is 18.3 Å². The Hall–Kier alpha value is -4.45. The van der Waals surface area contributed by atoms with Crippen molar-refractivity contribution in [3.8, 4) is 11.5 Å². The summed E-state index contributed by atoms with van der Waals surface area (Å²) < 4.78 is 47.3. The summed E-state index contributed by atoms with van der Waals surface area (Å²) in [6, 6.07) is 16.6. The molecule has 0 radical (unpaired) electrons. The molecule has 0 bridgehead atoms. The molecule has 1 aliphatic carbocycles. The van der Waals surface area contributed by atoms with E-state index in [-0.39, 0.29) is 41.3 Å². The van der Waals surface area contributed by atoms with Crippen molar-refractivity contribution in [3.05, 3.63) is 83.7 Å². The quantitative estimate of drug-likeness (QED) is 0.234. The fourth-order valence-electron chi connectivity index (χ4n) is 6.24. The van der Waals surface area contributed by atoms with Crippen LogP contribution in [0.25, 0.3) is 0 Å². The van der Waals surface area contributed by atoms with E-state index in [1.807, 2.05) is 24.3 Å². The van der Waals surface area contributed by atoms with Gasteiger partial charge in [0.25, 0.3) is 5.91 Å². The number of ether oxygens (including phenoxy) is 2. The normalized spacial score (nSPS) is 17.9. The number of carbonyl (C=O) groups is 3. The Morgan fingerprint density at radius 2 is 1.58 bits per heavy atom. The van der Waals surface area contributed by atoms with Crippen LogP contribution >= 0.6 is 0 Å². The minimum atomic E-state index is -4.71. The number of benzene rings is 2. The Morgan fingerprint density at radius 1 is 0.854 bits per heavy atom. The fourth-order valence-corrected chi connectivity index (χ4v) is 6.24. The maximum absolute atomic E-state index is 13.1. The first kappa shape index (κ1) is 33.5. The molecular formula is C36H39F3N4O5. The molecule has 254 valence electrons. The highest BCUT2D eigenvalue weighted by Crippen LogP contribution is 2.31. The summed E-state index contributed by atoms with van der Waals surface area (Å²) in [6.07, 6.45) is 2.04. The summed E-state index contributed by atoms with van der Waals surface area (Å²) in [5, 5.41) is 2.94. The van der Waals surface area contributed by atoms with Gasteiger partial charge in [0.2, 0.25) is 5.91 Å². The average Bonchev–Trinajstić information content (AvgIpc) is 3.92. The van der Waals surface area contributed by atoms with E-state index in [9.17, 15) is 27.6 Å². The third kappa shape index (κ3) is 9.33. The number of piperidine rings is 2. The number of anilines is 1. The molecule has 0 atom stereocenters. The van der Waals surface area contributed by atoms with E-state index >= 15 is 0 Å². The summed E-state index contributed by atoms with van der Waals surface area (Å²) in [7, 11) is 0. The fraction of sp³-hybridized carbons (Fsp3) is 0.444. The molecule has 1 aromatic heterocycles. The number of Topliss-reactive ketones (excluding diaryl/α,β-unsaturated/α-hetero) is 1. The number of likely N-dealkylation sites (tertiary alicyclic amines) is 2. The molecule has 2 aliphatic heterocycles. The van der Waals surface area contributed by atoms with E-state index in [2.05, 4.69) is 19.9 Å². The first-order valence-electron chi connectivity index (χ1n) is 16.5. The first-order chi connectivity index (χ1) is 23.1. The molecule has 0 spiro atoms. The SMILES string of the molecule is O=C(CC1CCN(Cc2ccc(OC(F)(F)F)cc2)CC1)c1ccc(C(=O)N2CCC(Oc3cccc(NC(=O)C4CC4)c3)CC2)nc1. The molecule has 2 aromatic carbocycles. The Bertz CT molecular complexity index is 1580. The lowest BCUT2D eigenvalue weighted by Gasteiger charge is -2.32. The molecule has 9 nitrogen and oxygen atoms in total. The lowest BCUT2D eigenvalue weighted by Crippen LogP contribution is -2.42. The van der Waals surface area contributed by atoms with E-state index in [1.54, 1.807) is 29.2 Å². The number of ketones is 1. The number of carbonyl (C=O) groups excluding carboxylic acids is 3. The number of halogens is 3. The molecule has 2 amide bonds. The number of nitrogens with one attached hydrogen (secondary N) is 1. The van der Waals surface area contributed by atoms with Crippen LogP contribution in [0.1, 0.15) is 71.4 Å². The Kier molecular flexibility index (Phi) is 10.3. The minimum Gasteiger partial charge on any atom is -0.490 e. The van der Waals surface area contributed by atoms with Gasteiger partial charge < -0.3 is 19.7 Å². The second kappa shape index (κ2) is 14.8. The lowest BCUT2D eigenvalue weighted by atomic mass is 9.90. The first-order valence-corrected chi connectivity index (χ1v) is 16.5. The highest BCUT2D eigenvalue weighted by atomic mass is 19.4. The zero-order chi connectivity index (χ0) is 33.7. The van der Waals surface area contributed by atoms with Gasteiger partial charge in [0.1, 0.15) is 23.3 Å². The molecular weight excluding hydrogens is 625 g/mol. The molecule has 1 N–H and O–H groups in total. The lowest BCUT2D eigenvalue weighted by molar-refractivity contribution is -0.274. The molecule has 0 unspecified atom stereocenters. The van der Waals surface area contributed by atoms with Crippen molar-refractivity contribution in [2.45, 2.75) is 64.0 Å². The van der Waals surface area contributed by atoms with Crippen LogP contribution in [0.4, 0.5) is 18.9 Å². The van der Waals surface area contributed by atoms with Crippen molar-refractivity contribution in [1.82, 2.24) is 14.8 Å². The van der Waals surface area contributed by atoms with Gasteiger partial charge in [-0.25, -0.2) is 0 Å². The number of hydrogen-bond acceptors (Lipinski definition) is 7. The van der Waals surface area contributed by atoms with Crippen LogP contribution in [0.15, 0.2) is 66.9 Å². The monoisotopic (exact) mass is 664 g/mol. The van der Waals surface area contributed by atoms with Gasteiger partial charge in [-0.15, -0.1) is 13.2 Å². The molecule has 3 fully saturated rings. The van der Waals surface area contributed by atoms with Gasteiger partial charge in [-0.2, -0.15) is 0 Å². The number of aromatic nitrogens is 1. The topological polar surface area (TPSA) is 101 Å². The van der Waals surface area contributed by atoms with Crippen LogP contribution in [0.5, 0.6) is 11.5 Å². The second-order valence-electron chi connectivity index (χ2n) is 12.9.